The third-order valence-electron chi connectivity index (χ3n) is 2.66. The molecule has 0 aliphatic carbocycles. The molecule has 0 spiro atoms. The zero-order valence-electron chi connectivity index (χ0n) is 10.5. The first-order chi connectivity index (χ1) is 7.50. The zero-order valence-corrected chi connectivity index (χ0v) is 10.5. The summed E-state index contributed by atoms with van der Waals surface area (Å²) in [4.78, 5) is 13.4. The van der Waals surface area contributed by atoms with Crippen molar-refractivity contribution in [2.45, 2.75) is 46.6 Å². The van der Waals surface area contributed by atoms with Gasteiger partial charge < -0.3 is 4.57 Å². The molecule has 16 heavy (non-hydrogen) atoms. The van der Waals surface area contributed by atoms with Gasteiger partial charge in [-0.2, -0.15) is 0 Å². The normalized spacial score (nSPS) is 11.9. The Balaban J connectivity index is 2.75. The van der Waals surface area contributed by atoms with Crippen LogP contribution in [0, 0.1) is 6.92 Å². The van der Waals surface area contributed by atoms with Gasteiger partial charge in [-0.05, 0) is 26.7 Å². The van der Waals surface area contributed by atoms with Crippen molar-refractivity contribution >= 4 is 11.2 Å². The molecule has 0 amide bonds. The first-order valence-corrected chi connectivity index (χ1v) is 5.71. The van der Waals surface area contributed by atoms with E-state index in [1.165, 1.54) is 0 Å². The molecular formula is C12H18N4. The van der Waals surface area contributed by atoms with Gasteiger partial charge in [-0.25, -0.2) is 15.0 Å². The van der Waals surface area contributed by atoms with Crippen LogP contribution in [0.5, 0.6) is 0 Å². The van der Waals surface area contributed by atoms with E-state index in [9.17, 15) is 0 Å². The first kappa shape index (κ1) is 11.0. The Morgan fingerprint density at radius 3 is 2.38 bits per heavy atom. The van der Waals surface area contributed by atoms with Crippen LogP contribution in [0.4, 0.5) is 0 Å². The number of fused-ring (bicyclic) bond motifs is 1. The molecule has 4 heteroatoms. The lowest BCUT2D eigenvalue weighted by Gasteiger charge is -2.09. The molecule has 2 aromatic heterocycles. The molecule has 2 rings (SSSR count). The number of nitrogens with zero attached hydrogens (tertiary/aromatic N) is 4. The fourth-order valence-electron chi connectivity index (χ4n) is 1.83. The third-order valence-corrected chi connectivity index (χ3v) is 2.66. The molecule has 0 bridgehead atoms. The molecule has 0 saturated heterocycles. The highest BCUT2D eigenvalue weighted by Crippen LogP contribution is 2.23. The molecule has 86 valence electrons. The number of aromatic nitrogens is 4. The van der Waals surface area contributed by atoms with Gasteiger partial charge in [-0.1, -0.05) is 13.8 Å². The van der Waals surface area contributed by atoms with Gasteiger partial charge in [0, 0.05) is 6.04 Å². The standard InChI is InChI=1S/C12H18N4/c1-7(2)10-11-12(15-9(5)14-10)16(6-13-11)8(3)4/h6-8H,1-5H3. The Morgan fingerprint density at radius 2 is 1.81 bits per heavy atom. The van der Waals surface area contributed by atoms with E-state index in [0.29, 0.717) is 12.0 Å². The van der Waals surface area contributed by atoms with Crippen LogP contribution in [0.25, 0.3) is 11.2 Å². The van der Waals surface area contributed by atoms with Crippen LogP contribution in [0.1, 0.15) is 51.2 Å². The molecule has 0 atom stereocenters. The highest BCUT2D eigenvalue weighted by atomic mass is 15.1. The minimum absolute atomic E-state index is 0.374. The summed E-state index contributed by atoms with van der Waals surface area (Å²) in [6.07, 6.45) is 1.86. The summed E-state index contributed by atoms with van der Waals surface area (Å²) < 4.78 is 2.09. The molecule has 0 aliphatic heterocycles. The Labute approximate surface area is 95.7 Å². The second kappa shape index (κ2) is 3.85. The van der Waals surface area contributed by atoms with Gasteiger partial charge >= 0.3 is 0 Å². The first-order valence-electron chi connectivity index (χ1n) is 5.71. The van der Waals surface area contributed by atoms with Crippen LogP contribution in [0.15, 0.2) is 6.33 Å². The lowest BCUT2D eigenvalue weighted by atomic mass is 10.1. The van der Waals surface area contributed by atoms with Crippen molar-refractivity contribution in [1.29, 1.82) is 0 Å². The molecule has 2 heterocycles. The fourth-order valence-corrected chi connectivity index (χ4v) is 1.83. The highest BCUT2D eigenvalue weighted by Gasteiger charge is 2.15. The molecule has 0 N–H and O–H groups in total. The maximum atomic E-state index is 4.49. The van der Waals surface area contributed by atoms with E-state index in [1.54, 1.807) is 0 Å². The lowest BCUT2D eigenvalue weighted by molar-refractivity contribution is 0.611. The maximum absolute atomic E-state index is 4.49. The average molecular weight is 218 g/mol. The SMILES string of the molecule is Cc1nc(C(C)C)c2ncn(C(C)C)c2n1. The molecule has 0 aromatic carbocycles. The number of imidazole rings is 1. The maximum Gasteiger partial charge on any atom is 0.164 e. The van der Waals surface area contributed by atoms with Gasteiger partial charge in [-0.3, -0.25) is 0 Å². The van der Waals surface area contributed by atoms with Crippen molar-refractivity contribution in [3.05, 3.63) is 17.8 Å². The highest BCUT2D eigenvalue weighted by molar-refractivity contribution is 5.74. The number of rotatable bonds is 2. The third kappa shape index (κ3) is 1.68. The Kier molecular flexibility index (Phi) is 2.66. The van der Waals surface area contributed by atoms with Gasteiger partial charge in [0.05, 0.1) is 12.0 Å². The van der Waals surface area contributed by atoms with Crippen molar-refractivity contribution < 1.29 is 0 Å². The van der Waals surface area contributed by atoms with Crippen LogP contribution < -0.4 is 0 Å². The average Bonchev–Trinajstić information content (AvgIpc) is 2.59. The predicted molar refractivity (Wildman–Crippen MR) is 64.5 cm³/mol. The molecule has 0 unspecified atom stereocenters. The summed E-state index contributed by atoms with van der Waals surface area (Å²) in [6.45, 7) is 10.5. The predicted octanol–water partition coefficient (Wildman–Crippen LogP) is 2.84. The van der Waals surface area contributed by atoms with Crippen LogP contribution in [0.2, 0.25) is 0 Å². The molecular weight excluding hydrogens is 200 g/mol. The van der Waals surface area contributed by atoms with E-state index in [0.717, 1.165) is 22.7 Å². The van der Waals surface area contributed by atoms with E-state index in [2.05, 4.69) is 47.2 Å². The summed E-state index contributed by atoms with van der Waals surface area (Å²) in [5.74, 6) is 1.19. The van der Waals surface area contributed by atoms with Crippen molar-refractivity contribution in [3.8, 4) is 0 Å². The van der Waals surface area contributed by atoms with E-state index in [1.807, 2.05) is 13.3 Å². The number of hydrogen-bond donors (Lipinski definition) is 0. The Morgan fingerprint density at radius 1 is 1.12 bits per heavy atom. The number of hydrogen-bond acceptors (Lipinski definition) is 3. The van der Waals surface area contributed by atoms with Gasteiger partial charge in [0.15, 0.2) is 5.65 Å². The van der Waals surface area contributed by atoms with Crippen LogP contribution in [-0.4, -0.2) is 19.5 Å². The van der Waals surface area contributed by atoms with Crippen LogP contribution in [-0.2, 0) is 0 Å². The Bertz CT molecular complexity index is 511. The van der Waals surface area contributed by atoms with Crippen molar-refractivity contribution in [2.75, 3.05) is 0 Å². The minimum Gasteiger partial charge on any atom is -0.313 e. The van der Waals surface area contributed by atoms with Crippen LogP contribution >= 0.6 is 0 Å². The summed E-state index contributed by atoms with van der Waals surface area (Å²) in [6, 6.07) is 0.374. The second-order valence-electron chi connectivity index (χ2n) is 4.73. The molecule has 2 aromatic rings. The van der Waals surface area contributed by atoms with Crippen LogP contribution in [0.3, 0.4) is 0 Å². The molecule has 0 radical (unpaired) electrons. The van der Waals surface area contributed by atoms with Gasteiger partial charge in [0.25, 0.3) is 0 Å². The summed E-state index contributed by atoms with van der Waals surface area (Å²) in [5, 5.41) is 0. The summed E-state index contributed by atoms with van der Waals surface area (Å²) in [5.41, 5.74) is 2.93. The minimum atomic E-state index is 0.374. The monoisotopic (exact) mass is 218 g/mol. The molecule has 0 aliphatic rings. The number of aryl methyl sites for hydroxylation is 1. The van der Waals surface area contributed by atoms with Gasteiger partial charge in [0.1, 0.15) is 11.3 Å². The molecule has 4 nitrogen and oxygen atoms in total. The molecule has 0 fully saturated rings. The van der Waals surface area contributed by atoms with Gasteiger partial charge in [0.2, 0.25) is 0 Å². The van der Waals surface area contributed by atoms with Crippen molar-refractivity contribution in [1.82, 2.24) is 19.5 Å². The van der Waals surface area contributed by atoms with E-state index in [-0.39, 0.29) is 0 Å². The molecule has 0 saturated carbocycles. The topological polar surface area (TPSA) is 43.6 Å². The fraction of sp³-hybridized carbons (Fsp3) is 0.583. The lowest BCUT2D eigenvalue weighted by Crippen LogP contribution is -2.04. The smallest absolute Gasteiger partial charge is 0.164 e. The second-order valence-corrected chi connectivity index (χ2v) is 4.73. The van der Waals surface area contributed by atoms with Crippen molar-refractivity contribution in [3.63, 3.8) is 0 Å². The largest absolute Gasteiger partial charge is 0.313 e. The Hall–Kier alpha value is -1.45. The van der Waals surface area contributed by atoms with Gasteiger partial charge in [-0.15, -0.1) is 0 Å². The van der Waals surface area contributed by atoms with E-state index in [4.69, 9.17) is 0 Å². The summed E-state index contributed by atoms with van der Waals surface area (Å²) in [7, 11) is 0. The summed E-state index contributed by atoms with van der Waals surface area (Å²) >= 11 is 0. The zero-order chi connectivity index (χ0) is 11.9. The van der Waals surface area contributed by atoms with Crippen molar-refractivity contribution in [2.24, 2.45) is 0 Å². The quantitative estimate of drug-likeness (QED) is 0.778. The van der Waals surface area contributed by atoms with E-state index < -0.39 is 0 Å². The van der Waals surface area contributed by atoms with E-state index >= 15 is 0 Å².